The Morgan fingerprint density at radius 3 is 2.36 bits per heavy atom. The predicted molar refractivity (Wildman–Crippen MR) is 80.4 cm³/mol. The van der Waals surface area contributed by atoms with E-state index in [9.17, 15) is 13.6 Å². The number of rotatable bonds is 2. The molecule has 0 saturated heterocycles. The molecule has 0 aliphatic heterocycles. The third-order valence-corrected chi connectivity index (χ3v) is 4.42. The van der Waals surface area contributed by atoms with Crippen LogP contribution in [0.15, 0.2) is 30.3 Å². The van der Waals surface area contributed by atoms with Crippen molar-refractivity contribution in [1.82, 2.24) is 0 Å². The fourth-order valence-electron chi connectivity index (χ4n) is 3.45. The van der Waals surface area contributed by atoms with Crippen molar-refractivity contribution in [1.29, 1.82) is 0 Å². The Morgan fingerprint density at radius 1 is 1.09 bits per heavy atom. The van der Waals surface area contributed by atoms with E-state index in [1.165, 1.54) is 13.0 Å². The smallest absolute Gasteiger partial charge is 0.303 e. The van der Waals surface area contributed by atoms with Crippen LogP contribution >= 0.6 is 0 Å². The van der Waals surface area contributed by atoms with Gasteiger partial charge in [0, 0.05) is 23.3 Å². The van der Waals surface area contributed by atoms with Crippen molar-refractivity contribution < 1.29 is 18.3 Å². The van der Waals surface area contributed by atoms with Crippen LogP contribution in [0.5, 0.6) is 0 Å². The summed E-state index contributed by atoms with van der Waals surface area (Å²) in [6, 6.07) is 7.66. The summed E-state index contributed by atoms with van der Waals surface area (Å²) in [7, 11) is 0. The topological polar surface area (TPSA) is 26.3 Å². The van der Waals surface area contributed by atoms with Gasteiger partial charge in [0.2, 0.25) is 0 Å². The number of esters is 1. The van der Waals surface area contributed by atoms with Crippen molar-refractivity contribution in [2.45, 2.75) is 44.6 Å². The van der Waals surface area contributed by atoms with E-state index in [0.29, 0.717) is 12.8 Å². The normalized spacial score (nSPS) is 17.4. The second-order valence-electron chi connectivity index (χ2n) is 5.91. The van der Waals surface area contributed by atoms with Crippen LogP contribution < -0.4 is 0 Å². The van der Waals surface area contributed by atoms with Crippen LogP contribution in [-0.2, 0) is 15.1 Å². The van der Waals surface area contributed by atoms with E-state index < -0.39 is 23.2 Å². The summed E-state index contributed by atoms with van der Waals surface area (Å²) >= 11 is 0. The molecular weight excluding hydrogens is 286 g/mol. The van der Waals surface area contributed by atoms with Crippen LogP contribution in [0.3, 0.4) is 0 Å². The molecule has 0 unspecified atom stereocenters. The van der Waals surface area contributed by atoms with Crippen LogP contribution in [-0.4, -0.2) is 5.97 Å². The Hall–Kier alpha value is -1.97. The zero-order chi connectivity index (χ0) is 15.7. The van der Waals surface area contributed by atoms with Crippen LogP contribution in [0, 0.1) is 11.6 Å². The van der Waals surface area contributed by atoms with Gasteiger partial charge in [-0.3, -0.25) is 4.79 Å². The molecule has 0 radical (unpaired) electrons. The lowest BCUT2D eigenvalue weighted by Crippen LogP contribution is -2.35. The average molecular weight is 304 g/mol. The molecule has 22 heavy (non-hydrogen) atoms. The number of ether oxygens (including phenoxy) is 1. The molecule has 2 aromatic carbocycles. The Kier molecular flexibility index (Phi) is 3.85. The van der Waals surface area contributed by atoms with E-state index >= 15 is 0 Å². The first kappa shape index (κ1) is 14.9. The molecule has 0 amide bonds. The highest BCUT2D eigenvalue weighted by atomic mass is 19.1. The lowest BCUT2D eigenvalue weighted by atomic mass is 9.78. The molecular formula is C18H18F2O2. The lowest BCUT2D eigenvalue weighted by Gasteiger charge is -2.37. The number of hydrogen-bond donors (Lipinski definition) is 0. The van der Waals surface area contributed by atoms with Gasteiger partial charge in [-0.25, -0.2) is 8.78 Å². The van der Waals surface area contributed by atoms with E-state index in [4.69, 9.17) is 4.74 Å². The van der Waals surface area contributed by atoms with Gasteiger partial charge in [-0.2, -0.15) is 0 Å². The number of fused-ring (bicyclic) bond motifs is 1. The minimum Gasteiger partial charge on any atom is -0.454 e. The highest BCUT2D eigenvalue weighted by Gasteiger charge is 2.40. The Labute approximate surface area is 128 Å². The minimum absolute atomic E-state index is 0.165. The first-order valence-electron chi connectivity index (χ1n) is 7.60. The van der Waals surface area contributed by atoms with Gasteiger partial charge in [-0.1, -0.05) is 30.7 Å². The molecule has 0 N–H and O–H groups in total. The zero-order valence-electron chi connectivity index (χ0n) is 12.5. The Bertz CT molecular complexity index is 718. The standard InChI is InChI=1S/C18H18F2O2/c1-12(21)22-18(9-5-2-6-10-18)15-11-16(19)13-7-3-4-8-14(13)17(15)20/h3-4,7-8,11H,2,5-6,9-10H2,1H3. The van der Waals surface area contributed by atoms with Crippen molar-refractivity contribution in [3.63, 3.8) is 0 Å². The number of carbonyl (C=O) groups is 1. The SMILES string of the molecule is CC(=O)OC1(c2cc(F)c3ccccc3c2F)CCCCC1. The van der Waals surface area contributed by atoms with Crippen LogP contribution in [0.25, 0.3) is 10.8 Å². The summed E-state index contributed by atoms with van der Waals surface area (Å²) in [5.74, 6) is -1.43. The molecule has 2 aromatic rings. The minimum atomic E-state index is -1.04. The maximum Gasteiger partial charge on any atom is 0.303 e. The monoisotopic (exact) mass is 304 g/mol. The first-order valence-corrected chi connectivity index (χ1v) is 7.60. The number of halogens is 2. The highest BCUT2D eigenvalue weighted by molar-refractivity contribution is 5.84. The molecule has 116 valence electrons. The summed E-state index contributed by atoms with van der Waals surface area (Å²) < 4.78 is 34.9. The summed E-state index contributed by atoms with van der Waals surface area (Å²) in [5, 5.41) is 0.479. The maximum atomic E-state index is 15.0. The largest absolute Gasteiger partial charge is 0.454 e. The van der Waals surface area contributed by atoms with Crippen molar-refractivity contribution in [2.75, 3.05) is 0 Å². The predicted octanol–water partition coefficient (Wildman–Crippen LogP) is 4.84. The van der Waals surface area contributed by atoms with Gasteiger partial charge in [0.05, 0.1) is 0 Å². The number of hydrogen-bond acceptors (Lipinski definition) is 2. The Morgan fingerprint density at radius 2 is 1.73 bits per heavy atom. The van der Waals surface area contributed by atoms with Gasteiger partial charge in [-0.05, 0) is 31.7 Å². The van der Waals surface area contributed by atoms with Gasteiger partial charge in [-0.15, -0.1) is 0 Å². The van der Waals surface area contributed by atoms with Gasteiger partial charge in [0.25, 0.3) is 0 Å². The molecule has 1 aliphatic carbocycles. The molecule has 0 heterocycles. The quantitative estimate of drug-likeness (QED) is 0.742. The molecule has 0 spiro atoms. The van der Waals surface area contributed by atoms with Gasteiger partial charge < -0.3 is 4.74 Å². The third kappa shape index (κ3) is 2.47. The van der Waals surface area contributed by atoms with Crippen LogP contribution in [0.4, 0.5) is 8.78 Å². The second kappa shape index (κ2) is 5.67. The van der Waals surface area contributed by atoms with E-state index in [1.54, 1.807) is 24.3 Å². The molecule has 0 bridgehead atoms. The molecule has 0 aromatic heterocycles. The van der Waals surface area contributed by atoms with Crippen LogP contribution in [0.1, 0.15) is 44.6 Å². The highest BCUT2D eigenvalue weighted by Crippen LogP contribution is 2.43. The van der Waals surface area contributed by atoms with Crippen molar-refractivity contribution in [3.8, 4) is 0 Å². The van der Waals surface area contributed by atoms with Crippen molar-refractivity contribution in [3.05, 3.63) is 47.5 Å². The molecule has 1 saturated carbocycles. The lowest BCUT2D eigenvalue weighted by molar-refractivity contribution is -0.162. The molecule has 3 rings (SSSR count). The molecule has 4 heteroatoms. The summed E-state index contributed by atoms with van der Waals surface area (Å²) in [4.78, 5) is 11.5. The molecule has 2 nitrogen and oxygen atoms in total. The number of carbonyl (C=O) groups excluding carboxylic acids is 1. The van der Waals surface area contributed by atoms with Gasteiger partial charge >= 0.3 is 5.97 Å². The maximum absolute atomic E-state index is 15.0. The second-order valence-corrected chi connectivity index (χ2v) is 5.91. The fourth-order valence-corrected chi connectivity index (χ4v) is 3.45. The van der Waals surface area contributed by atoms with E-state index in [1.807, 2.05) is 0 Å². The average Bonchev–Trinajstić information content (AvgIpc) is 2.51. The molecule has 1 aliphatic rings. The van der Waals surface area contributed by atoms with Gasteiger partial charge in [0.1, 0.15) is 17.2 Å². The number of benzene rings is 2. The zero-order valence-corrected chi connectivity index (χ0v) is 12.5. The fraction of sp³-hybridized carbons (Fsp3) is 0.389. The summed E-state index contributed by atoms with van der Waals surface area (Å²) in [5.41, 5.74) is -0.877. The van der Waals surface area contributed by atoms with Gasteiger partial charge in [0.15, 0.2) is 0 Å². The van der Waals surface area contributed by atoms with E-state index in [0.717, 1.165) is 19.3 Å². The van der Waals surface area contributed by atoms with E-state index in [-0.39, 0.29) is 16.3 Å². The van der Waals surface area contributed by atoms with Crippen molar-refractivity contribution in [2.24, 2.45) is 0 Å². The van der Waals surface area contributed by atoms with Crippen molar-refractivity contribution >= 4 is 16.7 Å². The molecule has 0 atom stereocenters. The molecule has 1 fully saturated rings. The van der Waals surface area contributed by atoms with E-state index in [2.05, 4.69) is 0 Å². The Balaban J connectivity index is 2.21. The first-order chi connectivity index (χ1) is 10.5. The summed E-state index contributed by atoms with van der Waals surface area (Å²) in [6.07, 6.45) is 3.74. The van der Waals surface area contributed by atoms with Crippen LogP contribution in [0.2, 0.25) is 0 Å². The third-order valence-electron chi connectivity index (χ3n) is 4.42. The summed E-state index contributed by atoms with van der Waals surface area (Å²) in [6.45, 7) is 1.31.